The van der Waals surface area contributed by atoms with Gasteiger partial charge in [-0.2, -0.15) is 0 Å². The van der Waals surface area contributed by atoms with Crippen LogP contribution >= 0.6 is 0 Å². The molecule has 1 amide bonds. The molecule has 132 valence electrons. The van der Waals surface area contributed by atoms with E-state index in [0.29, 0.717) is 19.0 Å². The van der Waals surface area contributed by atoms with Crippen LogP contribution in [0.3, 0.4) is 0 Å². The minimum Gasteiger partial charge on any atom is -0.356 e. The van der Waals surface area contributed by atoms with Gasteiger partial charge in [-0.25, -0.2) is 0 Å². The number of carbonyl (C=O) groups is 1. The normalized spacial score (nSPS) is 15.8. The molecule has 1 fully saturated rings. The standard InChI is InChI=1S/C18H29N5O/c1-19-18(21-13-10-15-7-5-6-12-20-15)22-14-11-17(24)23-16-8-3-2-4-9-16/h5-7,12,16H,2-4,8-11,13-14H2,1H3,(H,23,24)(H2,19,21,22). The zero-order valence-electron chi connectivity index (χ0n) is 14.6. The summed E-state index contributed by atoms with van der Waals surface area (Å²) in [6.45, 7) is 1.34. The van der Waals surface area contributed by atoms with Crippen molar-refractivity contribution in [1.29, 1.82) is 0 Å². The maximum atomic E-state index is 12.0. The average Bonchev–Trinajstić information content (AvgIpc) is 2.62. The van der Waals surface area contributed by atoms with Gasteiger partial charge >= 0.3 is 0 Å². The highest BCUT2D eigenvalue weighted by Gasteiger charge is 2.15. The third kappa shape index (κ3) is 6.98. The van der Waals surface area contributed by atoms with E-state index in [0.717, 1.165) is 37.5 Å². The van der Waals surface area contributed by atoms with E-state index >= 15 is 0 Å². The monoisotopic (exact) mass is 331 g/mol. The van der Waals surface area contributed by atoms with Crippen molar-refractivity contribution >= 4 is 11.9 Å². The molecule has 0 saturated heterocycles. The van der Waals surface area contributed by atoms with Crippen molar-refractivity contribution in [1.82, 2.24) is 20.9 Å². The van der Waals surface area contributed by atoms with E-state index < -0.39 is 0 Å². The van der Waals surface area contributed by atoms with Crippen molar-refractivity contribution in [2.45, 2.75) is 51.0 Å². The van der Waals surface area contributed by atoms with Gasteiger partial charge in [-0.15, -0.1) is 0 Å². The SMILES string of the molecule is CN=C(NCCC(=O)NC1CCCCC1)NCCc1ccccn1. The molecule has 1 saturated carbocycles. The highest BCUT2D eigenvalue weighted by Crippen LogP contribution is 2.17. The molecule has 3 N–H and O–H groups in total. The van der Waals surface area contributed by atoms with Crippen molar-refractivity contribution in [2.24, 2.45) is 4.99 Å². The number of pyridine rings is 1. The Labute approximate surface area is 144 Å². The topological polar surface area (TPSA) is 78.4 Å². The van der Waals surface area contributed by atoms with Gasteiger partial charge in [-0.3, -0.25) is 14.8 Å². The molecule has 0 aromatic carbocycles. The lowest BCUT2D eigenvalue weighted by Crippen LogP contribution is -2.41. The van der Waals surface area contributed by atoms with Gasteiger partial charge in [-0.1, -0.05) is 25.3 Å². The maximum absolute atomic E-state index is 12.0. The fourth-order valence-electron chi connectivity index (χ4n) is 2.92. The first-order valence-electron chi connectivity index (χ1n) is 8.91. The molecule has 1 heterocycles. The summed E-state index contributed by atoms with van der Waals surface area (Å²) < 4.78 is 0. The first kappa shape index (κ1) is 18.2. The number of nitrogens with one attached hydrogen (secondary N) is 3. The molecule has 0 atom stereocenters. The summed E-state index contributed by atoms with van der Waals surface area (Å²) >= 11 is 0. The first-order chi connectivity index (χ1) is 11.8. The maximum Gasteiger partial charge on any atom is 0.221 e. The molecule has 24 heavy (non-hydrogen) atoms. The Morgan fingerprint density at radius 3 is 2.71 bits per heavy atom. The fraction of sp³-hybridized carbons (Fsp3) is 0.611. The Kier molecular flexibility index (Phi) is 8.07. The minimum atomic E-state index is 0.123. The summed E-state index contributed by atoms with van der Waals surface area (Å²) in [5.41, 5.74) is 1.05. The molecule has 6 nitrogen and oxygen atoms in total. The second-order valence-electron chi connectivity index (χ2n) is 6.15. The molecule has 0 bridgehead atoms. The van der Waals surface area contributed by atoms with Crippen LogP contribution in [0.2, 0.25) is 0 Å². The lowest BCUT2D eigenvalue weighted by molar-refractivity contribution is -0.121. The Hall–Kier alpha value is -2.11. The lowest BCUT2D eigenvalue weighted by atomic mass is 9.95. The number of rotatable bonds is 7. The predicted octanol–water partition coefficient (Wildman–Crippen LogP) is 1.63. The van der Waals surface area contributed by atoms with Gasteiger partial charge in [0.05, 0.1) is 0 Å². The third-order valence-electron chi connectivity index (χ3n) is 4.24. The Morgan fingerprint density at radius 2 is 2.00 bits per heavy atom. The van der Waals surface area contributed by atoms with Gasteiger partial charge in [0.1, 0.15) is 0 Å². The van der Waals surface area contributed by atoms with Crippen LogP contribution in [0.25, 0.3) is 0 Å². The van der Waals surface area contributed by atoms with Crippen LogP contribution in [0.1, 0.15) is 44.2 Å². The van der Waals surface area contributed by atoms with Gasteiger partial charge in [-0.05, 0) is 25.0 Å². The number of aromatic nitrogens is 1. The van der Waals surface area contributed by atoms with E-state index in [-0.39, 0.29) is 5.91 Å². The second kappa shape index (κ2) is 10.6. The van der Waals surface area contributed by atoms with Crippen LogP contribution < -0.4 is 16.0 Å². The van der Waals surface area contributed by atoms with Crippen molar-refractivity contribution in [3.05, 3.63) is 30.1 Å². The van der Waals surface area contributed by atoms with Crippen molar-refractivity contribution < 1.29 is 4.79 Å². The Balaban J connectivity index is 1.58. The molecular weight excluding hydrogens is 302 g/mol. The number of hydrogen-bond acceptors (Lipinski definition) is 3. The van der Waals surface area contributed by atoms with E-state index in [1.54, 1.807) is 13.2 Å². The number of guanidine groups is 1. The molecule has 0 spiro atoms. The van der Waals surface area contributed by atoms with E-state index in [4.69, 9.17) is 0 Å². The number of nitrogens with zero attached hydrogens (tertiary/aromatic N) is 2. The predicted molar refractivity (Wildman–Crippen MR) is 96.9 cm³/mol. The molecule has 2 rings (SSSR count). The molecule has 6 heteroatoms. The molecule has 0 aliphatic heterocycles. The van der Waals surface area contributed by atoms with Crippen LogP contribution in [-0.4, -0.2) is 43.0 Å². The van der Waals surface area contributed by atoms with Crippen molar-refractivity contribution in [2.75, 3.05) is 20.1 Å². The van der Waals surface area contributed by atoms with Crippen LogP contribution in [0.5, 0.6) is 0 Å². The minimum absolute atomic E-state index is 0.123. The van der Waals surface area contributed by atoms with Crippen LogP contribution in [0, 0.1) is 0 Å². The summed E-state index contributed by atoms with van der Waals surface area (Å²) in [5.74, 6) is 0.842. The van der Waals surface area contributed by atoms with Gasteiger partial charge in [0.25, 0.3) is 0 Å². The van der Waals surface area contributed by atoms with Gasteiger partial charge < -0.3 is 16.0 Å². The summed E-state index contributed by atoms with van der Waals surface area (Å²) in [6, 6.07) is 6.28. The van der Waals surface area contributed by atoms with Gasteiger partial charge in [0, 0.05) is 50.9 Å². The number of hydrogen-bond donors (Lipinski definition) is 3. The fourth-order valence-corrected chi connectivity index (χ4v) is 2.92. The van der Waals surface area contributed by atoms with Crippen LogP contribution in [0.4, 0.5) is 0 Å². The van der Waals surface area contributed by atoms with Crippen molar-refractivity contribution in [3.63, 3.8) is 0 Å². The summed E-state index contributed by atoms with van der Waals surface area (Å²) in [7, 11) is 1.73. The molecule has 1 aromatic rings. The van der Waals surface area contributed by atoms with Crippen molar-refractivity contribution in [3.8, 4) is 0 Å². The van der Waals surface area contributed by atoms with E-state index in [9.17, 15) is 4.79 Å². The Bertz CT molecular complexity index is 511. The molecule has 0 unspecified atom stereocenters. The van der Waals surface area contributed by atoms with Gasteiger partial charge in [0.15, 0.2) is 5.96 Å². The highest BCUT2D eigenvalue weighted by atomic mass is 16.1. The number of amides is 1. The molecule has 1 aliphatic rings. The summed E-state index contributed by atoms with van der Waals surface area (Å²) in [5, 5.41) is 9.55. The Morgan fingerprint density at radius 1 is 1.21 bits per heavy atom. The zero-order valence-corrected chi connectivity index (χ0v) is 14.6. The van der Waals surface area contributed by atoms with E-state index in [1.807, 2.05) is 18.2 Å². The summed E-state index contributed by atoms with van der Waals surface area (Å²) in [4.78, 5) is 20.4. The summed E-state index contributed by atoms with van der Waals surface area (Å²) in [6.07, 6.45) is 9.11. The molecule has 1 aliphatic carbocycles. The van der Waals surface area contributed by atoms with Gasteiger partial charge in [0.2, 0.25) is 5.91 Å². The van der Waals surface area contributed by atoms with E-state index in [1.165, 1.54) is 19.3 Å². The zero-order chi connectivity index (χ0) is 17.0. The molecular formula is C18H29N5O. The smallest absolute Gasteiger partial charge is 0.221 e. The number of carbonyl (C=O) groups excluding carboxylic acids is 1. The average molecular weight is 331 g/mol. The number of aliphatic imine (C=N–C) groups is 1. The lowest BCUT2D eigenvalue weighted by Gasteiger charge is -2.22. The second-order valence-corrected chi connectivity index (χ2v) is 6.15. The van der Waals surface area contributed by atoms with Crippen LogP contribution in [-0.2, 0) is 11.2 Å². The third-order valence-corrected chi connectivity index (χ3v) is 4.24. The first-order valence-corrected chi connectivity index (χ1v) is 8.91. The molecule has 1 aromatic heterocycles. The highest BCUT2D eigenvalue weighted by molar-refractivity contribution is 5.81. The molecule has 0 radical (unpaired) electrons. The largest absolute Gasteiger partial charge is 0.356 e. The van der Waals surface area contributed by atoms with E-state index in [2.05, 4.69) is 25.9 Å². The van der Waals surface area contributed by atoms with Crippen LogP contribution in [0.15, 0.2) is 29.4 Å². The quantitative estimate of drug-likeness (QED) is 0.524.